The van der Waals surface area contributed by atoms with E-state index in [4.69, 9.17) is 14.5 Å². The highest BCUT2D eigenvalue weighted by molar-refractivity contribution is 5.61. The number of hydrogen-bond donors (Lipinski definition) is 0. The van der Waals surface area contributed by atoms with Crippen LogP contribution < -0.4 is 4.74 Å². The quantitative estimate of drug-likeness (QED) is 0.770. The van der Waals surface area contributed by atoms with Gasteiger partial charge in [0.1, 0.15) is 11.8 Å². The molecule has 0 N–H and O–H groups in total. The van der Waals surface area contributed by atoms with E-state index in [0.717, 1.165) is 16.9 Å². The second-order valence-corrected chi connectivity index (χ2v) is 3.37. The highest BCUT2D eigenvalue weighted by atomic mass is 16.5. The fourth-order valence-corrected chi connectivity index (χ4v) is 1.50. The standard InChI is InChI=1S/C12H10N2O2/c1-8-5-9(3-4-11(8)15-2)12-6-10(7-13)14-16-12/h3-6H,1-2H3. The number of nitriles is 1. The number of rotatable bonds is 2. The molecule has 0 bridgehead atoms. The molecule has 1 aromatic heterocycles. The van der Waals surface area contributed by atoms with Crippen molar-refractivity contribution in [3.05, 3.63) is 35.5 Å². The highest BCUT2D eigenvalue weighted by Crippen LogP contribution is 2.26. The summed E-state index contributed by atoms with van der Waals surface area (Å²) in [5.74, 6) is 1.41. The van der Waals surface area contributed by atoms with Gasteiger partial charge in [-0.1, -0.05) is 5.16 Å². The predicted molar refractivity (Wildman–Crippen MR) is 57.9 cm³/mol. The van der Waals surface area contributed by atoms with E-state index in [1.165, 1.54) is 0 Å². The van der Waals surface area contributed by atoms with Crippen molar-refractivity contribution in [2.24, 2.45) is 0 Å². The van der Waals surface area contributed by atoms with E-state index in [1.807, 2.05) is 31.2 Å². The van der Waals surface area contributed by atoms with E-state index in [9.17, 15) is 0 Å². The van der Waals surface area contributed by atoms with E-state index in [0.29, 0.717) is 5.76 Å². The van der Waals surface area contributed by atoms with Crippen molar-refractivity contribution >= 4 is 0 Å². The largest absolute Gasteiger partial charge is 0.496 e. The summed E-state index contributed by atoms with van der Waals surface area (Å²) < 4.78 is 10.2. The molecule has 80 valence electrons. The molecular weight excluding hydrogens is 204 g/mol. The molecule has 0 unspecified atom stereocenters. The number of aryl methyl sites for hydroxylation is 1. The third-order valence-electron chi connectivity index (χ3n) is 2.30. The lowest BCUT2D eigenvalue weighted by Gasteiger charge is -2.04. The molecule has 0 aliphatic rings. The molecule has 0 aliphatic heterocycles. The molecule has 4 nitrogen and oxygen atoms in total. The first-order valence-electron chi connectivity index (χ1n) is 4.76. The Morgan fingerprint density at radius 3 is 2.75 bits per heavy atom. The van der Waals surface area contributed by atoms with Gasteiger partial charge in [0.05, 0.1) is 7.11 Å². The number of nitrogens with zero attached hydrogens (tertiary/aromatic N) is 2. The van der Waals surface area contributed by atoms with Crippen molar-refractivity contribution in [3.8, 4) is 23.1 Å². The normalized spacial score (nSPS) is 9.81. The van der Waals surface area contributed by atoms with Gasteiger partial charge in [-0.3, -0.25) is 0 Å². The van der Waals surface area contributed by atoms with Crippen molar-refractivity contribution in [1.82, 2.24) is 5.16 Å². The minimum absolute atomic E-state index is 0.281. The van der Waals surface area contributed by atoms with Gasteiger partial charge >= 0.3 is 0 Å². The molecule has 2 aromatic rings. The summed E-state index contributed by atoms with van der Waals surface area (Å²) in [5.41, 5.74) is 2.17. The molecule has 4 heteroatoms. The molecule has 0 saturated heterocycles. The maximum absolute atomic E-state index is 8.64. The third kappa shape index (κ3) is 1.75. The Kier molecular flexibility index (Phi) is 2.61. The number of methoxy groups -OCH3 is 1. The summed E-state index contributed by atoms with van der Waals surface area (Å²) in [4.78, 5) is 0. The molecule has 0 saturated carbocycles. The highest BCUT2D eigenvalue weighted by Gasteiger charge is 2.07. The van der Waals surface area contributed by atoms with Crippen molar-refractivity contribution in [3.63, 3.8) is 0 Å². The van der Waals surface area contributed by atoms with E-state index >= 15 is 0 Å². The Balaban J connectivity index is 2.42. The Morgan fingerprint density at radius 2 is 2.19 bits per heavy atom. The topological polar surface area (TPSA) is 59.0 Å². The van der Waals surface area contributed by atoms with E-state index < -0.39 is 0 Å². The minimum atomic E-state index is 0.281. The monoisotopic (exact) mass is 214 g/mol. The smallest absolute Gasteiger partial charge is 0.184 e. The van der Waals surface area contributed by atoms with E-state index in [2.05, 4.69) is 5.16 Å². The fourth-order valence-electron chi connectivity index (χ4n) is 1.50. The third-order valence-corrected chi connectivity index (χ3v) is 2.30. The zero-order valence-electron chi connectivity index (χ0n) is 9.02. The maximum atomic E-state index is 8.64. The van der Waals surface area contributed by atoms with Gasteiger partial charge in [0.2, 0.25) is 0 Å². The summed E-state index contributed by atoms with van der Waals surface area (Å²) in [6.45, 7) is 1.95. The van der Waals surface area contributed by atoms with Crippen LogP contribution in [0, 0.1) is 18.3 Å². The van der Waals surface area contributed by atoms with Gasteiger partial charge in [-0.2, -0.15) is 5.26 Å². The molecule has 0 radical (unpaired) electrons. The Bertz CT molecular complexity index is 552. The van der Waals surface area contributed by atoms with Crippen molar-refractivity contribution in [2.45, 2.75) is 6.92 Å². The van der Waals surface area contributed by atoms with E-state index in [1.54, 1.807) is 13.2 Å². The van der Waals surface area contributed by atoms with E-state index in [-0.39, 0.29) is 5.69 Å². The molecular formula is C12H10N2O2. The average Bonchev–Trinajstić information content (AvgIpc) is 2.77. The molecule has 2 rings (SSSR count). The van der Waals surface area contributed by atoms with Gasteiger partial charge in [0.25, 0.3) is 0 Å². The van der Waals surface area contributed by atoms with Crippen LogP contribution in [0.2, 0.25) is 0 Å². The van der Waals surface area contributed by atoms with Crippen LogP contribution in [0.4, 0.5) is 0 Å². The zero-order chi connectivity index (χ0) is 11.5. The summed E-state index contributed by atoms with van der Waals surface area (Å²) in [6.07, 6.45) is 0. The first-order chi connectivity index (χ1) is 7.74. The van der Waals surface area contributed by atoms with Gasteiger partial charge < -0.3 is 9.26 Å². The van der Waals surface area contributed by atoms with Crippen molar-refractivity contribution in [1.29, 1.82) is 5.26 Å². The SMILES string of the molecule is COc1ccc(-c2cc(C#N)no2)cc1C. The lowest BCUT2D eigenvalue weighted by Crippen LogP contribution is -1.86. The predicted octanol–water partition coefficient (Wildman–Crippen LogP) is 2.53. The van der Waals surface area contributed by atoms with Gasteiger partial charge in [-0.15, -0.1) is 0 Å². The van der Waals surface area contributed by atoms with Crippen molar-refractivity contribution < 1.29 is 9.26 Å². The van der Waals surface area contributed by atoms with Gasteiger partial charge in [0, 0.05) is 11.6 Å². The molecule has 16 heavy (non-hydrogen) atoms. The summed E-state index contributed by atoms with van der Waals surface area (Å²) in [7, 11) is 1.63. The Labute approximate surface area is 93.1 Å². The molecule has 1 heterocycles. The van der Waals surface area contributed by atoms with Crippen LogP contribution in [0.15, 0.2) is 28.8 Å². The maximum Gasteiger partial charge on any atom is 0.184 e. The van der Waals surface area contributed by atoms with Crippen LogP contribution in [0.5, 0.6) is 5.75 Å². The van der Waals surface area contributed by atoms with Crippen LogP contribution in [0.1, 0.15) is 11.3 Å². The summed E-state index contributed by atoms with van der Waals surface area (Å²) in [5, 5.41) is 12.3. The number of ether oxygens (including phenoxy) is 1. The average molecular weight is 214 g/mol. The van der Waals surface area contributed by atoms with Crippen LogP contribution in [-0.4, -0.2) is 12.3 Å². The van der Waals surface area contributed by atoms with Gasteiger partial charge in [-0.05, 0) is 30.7 Å². The molecule has 1 aromatic carbocycles. The number of aromatic nitrogens is 1. The second-order valence-electron chi connectivity index (χ2n) is 3.37. The lowest BCUT2D eigenvalue weighted by molar-refractivity contribution is 0.411. The second kappa shape index (κ2) is 4.07. The molecule has 0 spiro atoms. The fraction of sp³-hybridized carbons (Fsp3) is 0.167. The first kappa shape index (κ1) is 10.2. The zero-order valence-corrected chi connectivity index (χ0v) is 9.02. The van der Waals surface area contributed by atoms with Crippen LogP contribution >= 0.6 is 0 Å². The Morgan fingerprint density at radius 1 is 1.38 bits per heavy atom. The van der Waals surface area contributed by atoms with Crippen LogP contribution in [-0.2, 0) is 0 Å². The molecule has 0 amide bonds. The van der Waals surface area contributed by atoms with Gasteiger partial charge in [-0.25, -0.2) is 0 Å². The molecule has 0 atom stereocenters. The van der Waals surface area contributed by atoms with Gasteiger partial charge in [0.15, 0.2) is 11.5 Å². The van der Waals surface area contributed by atoms with Crippen molar-refractivity contribution in [2.75, 3.05) is 7.11 Å². The number of benzene rings is 1. The molecule has 0 fully saturated rings. The minimum Gasteiger partial charge on any atom is -0.496 e. The van der Waals surface area contributed by atoms with Crippen LogP contribution in [0.25, 0.3) is 11.3 Å². The van der Waals surface area contributed by atoms with Crippen LogP contribution in [0.3, 0.4) is 0 Å². The lowest BCUT2D eigenvalue weighted by atomic mass is 10.1. The Hall–Kier alpha value is -2.28. The summed E-state index contributed by atoms with van der Waals surface area (Å²) >= 11 is 0. The molecule has 0 aliphatic carbocycles. The summed E-state index contributed by atoms with van der Waals surface area (Å²) in [6, 6.07) is 9.20. The number of hydrogen-bond acceptors (Lipinski definition) is 4. The first-order valence-corrected chi connectivity index (χ1v) is 4.76.